The zero-order valence-electron chi connectivity index (χ0n) is 17.9. The molecule has 3 heterocycles. The molecule has 0 unspecified atom stereocenters. The molecule has 0 saturated carbocycles. The topological polar surface area (TPSA) is 82.5 Å². The van der Waals surface area contributed by atoms with Gasteiger partial charge in [0.05, 0.1) is 5.56 Å². The molecule has 32 heavy (non-hydrogen) atoms. The molecule has 0 saturated heterocycles. The number of aryl methyl sites for hydroxylation is 1. The number of aromatic nitrogens is 2. The van der Waals surface area contributed by atoms with Crippen molar-refractivity contribution in [3.05, 3.63) is 75.1 Å². The first kappa shape index (κ1) is 20.6. The first-order valence-electron chi connectivity index (χ1n) is 10.5. The van der Waals surface area contributed by atoms with Crippen LogP contribution in [0.3, 0.4) is 0 Å². The lowest BCUT2D eigenvalue weighted by atomic mass is 9.86. The SMILES string of the molecule is Cc1cccc(CSc2nc(=O)c3c(n2C)NC(=O)C[C@@H]3c2ccc3c(c2)OCCO3)c1. The summed E-state index contributed by atoms with van der Waals surface area (Å²) in [6, 6.07) is 13.8. The predicted octanol–water partition coefficient (Wildman–Crippen LogP) is 3.63. The lowest BCUT2D eigenvalue weighted by molar-refractivity contribution is -0.116. The maximum atomic E-state index is 13.1. The molecule has 1 amide bonds. The van der Waals surface area contributed by atoms with Gasteiger partial charge in [-0.25, -0.2) is 0 Å². The van der Waals surface area contributed by atoms with Crippen molar-refractivity contribution in [3.8, 4) is 11.5 Å². The van der Waals surface area contributed by atoms with E-state index in [4.69, 9.17) is 9.47 Å². The smallest absolute Gasteiger partial charge is 0.279 e. The van der Waals surface area contributed by atoms with E-state index in [0.29, 0.717) is 47.0 Å². The normalized spacial score (nSPS) is 16.9. The summed E-state index contributed by atoms with van der Waals surface area (Å²) in [7, 11) is 1.83. The second kappa shape index (κ2) is 8.35. The Balaban J connectivity index is 1.51. The van der Waals surface area contributed by atoms with Gasteiger partial charge in [0, 0.05) is 25.1 Å². The van der Waals surface area contributed by atoms with E-state index in [0.717, 1.165) is 11.1 Å². The van der Waals surface area contributed by atoms with Gasteiger partial charge in [0.2, 0.25) is 5.91 Å². The first-order valence-corrected chi connectivity index (χ1v) is 11.5. The zero-order chi connectivity index (χ0) is 22.2. The molecule has 7 nitrogen and oxygen atoms in total. The minimum atomic E-state index is -0.392. The van der Waals surface area contributed by atoms with Crippen LogP contribution < -0.4 is 20.3 Å². The lowest BCUT2D eigenvalue weighted by Crippen LogP contribution is -2.33. The first-order chi connectivity index (χ1) is 15.5. The third-order valence-electron chi connectivity index (χ3n) is 5.72. The Labute approximate surface area is 189 Å². The van der Waals surface area contributed by atoms with Crippen LogP contribution in [0.25, 0.3) is 0 Å². The number of benzene rings is 2. The Morgan fingerprint density at radius 3 is 2.75 bits per heavy atom. The van der Waals surface area contributed by atoms with Crippen molar-refractivity contribution in [3.63, 3.8) is 0 Å². The monoisotopic (exact) mass is 449 g/mol. The van der Waals surface area contributed by atoms with E-state index < -0.39 is 5.92 Å². The molecule has 2 aliphatic rings. The fourth-order valence-electron chi connectivity index (χ4n) is 4.18. The van der Waals surface area contributed by atoms with Gasteiger partial charge < -0.3 is 19.4 Å². The summed E-state index contributed by atoms with van der Waals surface area (Å²) in [5.41, 5.74) is 3.36. The molecule has 0 aliphatic carbocycles. The van der Waals surface area contributed by atoms with Gasteiger partial charge in [0.25, 0.3) is 5.56 Å². The van der Waals surface area contributed by atoms with Crippen molar-refractivity contribution >= 4 is 23.5 Å². The van der Waals surface area contributed by atoms with Crippen LogP contribution in [0.4, 0.5) is 5.82 Å². The van der Waals surface area contributed by atoms with E-state index in [-0.39, 0.29) is 17.9 Å². The Kier molecular flexibility index (Phi) is 5.38. The maximum Gasteiger partial charge on any atom is 0.279 e. The second-order valence-corrected chi connectivity index (χ2v) is 8.95. The minimum Gasteiger partial charge on any atom is -0.486 e. The van der Waals surface area contributed by atoms with Gasteiger partial charge in [0.1, 0.15) is 19.0 Å². The summed E-state index contributed by atoms with van der Waals surface area (Å²) in [5.74, 6) is 1.98. The molecule has 0 bridgehead atoms. The van der Waals surface area contributed by atoms with Crippen LogP contribution >= 0.6 is 11.8 Å². The van der Waals surface area contributed by atoms with Gasteiger partial charge in [-0.3, -0.25) is 9.59 Å². The number of hydrogen-bond donors (Lipinski definition) is 1. The Bertz CT molecular complexity index is 1270. The second-order valence-electron chi connectivity index (χ2n) is 8.01. The van der Waals surface area contributed by atoms with Crippen molar-refractivity contribution in [2.24, 2.45) is 7.05 Å². The molecule has 0 fully saturated rings. The van der Waals surface area contributed by atoms with Crippen LogP contribution in [0.15, 0.2) is 52.4 Å². The van der Waals surface area contributed by atoms with Crippen molar-refractivity contribution in [2.75, 3.05) is 18.5 Å². The number of nitrogens with zero attached hydrogens (tertiary/aromatic N) is 2. The third kappa shape index (κ3) is 3.86. The predicted molar refractivity (Wildman–Crippen MR) is 123 cm³/mol. The highest BCUT2D eigenvalue weighted by Gasteiger charge is 2.32. The average molecular weight is 450 g/mol. The highest BCUT2D eigenvalue weighted by Crippen LogP contribution is 2.40. The van der Waals surface area contributed by atoms with Crippen LogP contribution in [-0.2, 0) is 17.6 Å². The number of nitrogens with one attached hydrogen (secondary N) is 1. The van der Waals surface area contributed by atoms with Crippen LogP contribution in [0, 0.1) is 6.92 Å². The number of thioether (sulfide) groups is 1. The van der Waals surface area contributed by atoms with Gasteiger partial charge in [0.15, 0.2) is 16.7 Å². The summed E-state index contributed by atoms with van der Waals surface area (Å²) < 4.78 is 13.1. The molecule has 0 radical (unpaired) electrons. The number of amides is 1. The molecule has 164 valence electrons. The van der Waals surface area contributed by atoms with Gasteiger partial charge in [-0.05, 0) is 30.2 Å². The molecular weight excluding hydrogens is 426 g/mol. The molecule has 3 aromatic rings. The molecule has 2 aliphatic heterocycles. The van der Waals surface area contributed by atoms with Gasteiger partial charge in [-0.15, -0.1) is 0 Å². The number of fused-ring (bicyclic) bond motifs is 2. The zero-order valence-corrected chi connectivity index (χ0v) is 18.7. The molecule has 1 N–H and O–H groups in total. The van der Waals surface area contributed by atoms with Crippen molar-refractivity contribution in [1.29, 1.82) is 0 Å². The molecule has 2 aromatic carbocycles. The van der Waals surface area contributed by atoms with E-state index in [1.165, 1.54) is 17.3 Å². The number of rotatable bonds is 4. The highest BCUT2D eigenvalue weighted by molar-refractivity contribution is 7.98. The van der Waals surface area contributed by atoms with E-state index in [2.05, 4.69) is 35.4 Å². The Morgan fingerprint density at radius 2 is 1.94 bits per heavy atom. The van der Waals surface area contributed by atoms with E-state index in [1.54, 1.807) is 4.57 Å². The lowest BCUT2D eigenvalue weighted by Gasteiger charge is -2.28. The van der Waals surface area contributed by atoms with Gasteiger partial charge >= 0.3 is 0 Å². The van der Waals surface area contributed by atoms with Crippen LogP contribution in [-0.4, -0.2) is 28.7 Å². The van der Waals surface area contributed by atoms with E-state index in [9.17, 15) is 9.59 Å². The number of hydrogen-bond acceptors (Lipinski definition) is 6. The Hall–Kier alpha value is -3.26. The summed E-state index contributed by atoms with van der Waals surface area (Å²) in [5, 5.41) is 3.46. The van der Waals surface area contributed by atoms with Crippen molar-refractivity contribution in [1.82, 2.24) is 9.55 Å². The van der Waals surface area contributed by atoms with Gasteiger partial charge in [-0.2, -0.15) is 4.98 Å². The van der Waals surface area contributed by atoms with Crippen molar-refractivity contribution < 1.29 is 14.3 Å². The third-order valence-corrected chi connectivity index (χ3v) is 6.82. The fraction of sp³-hybridized carbons (Fsp3) is 0.292. The van der Waals surface area contributed by atoms with Crippen LogP contribution in [0.2, 0.25) is 0 Å². The van der Waals surface area contributed by atoms with E-state index in [1.807, 2.05) is 31.3 Å². The standard InChI is InChI=1S/C24H23N3O4S/c1-14-4-3-5-15(10-14)13-32-24-26-23(29)21-17(12-20(28)25-22(21)27(24)2)16-6-7-18-19(11-16)31-9-8-30-18/h3-7,10-11,17H,8-9,12-13H2,1-2H3,(H,25,28)/t17-/m1/s1. The maximum absolute atomic E-state index is 13.1. The fourth-order valence-corrected chi connectivity index (χ4v) is 5.08. The van der Waals surface area contributed by atoms with Crippen LogP contribution in [0.5, 0.6) is 11.5 Å². The Morgan fingerprint density at radius 1 is 1.12 bits per heavy atom. The molecule has 0 spiro atoms. The number of carbonyl (C=O) groups is 1. The molecule has 5 rings (SSSR count). The molecule has 8 heteroatoms. The molecule has 1 aromatic heterocycles. The number of carbonyl (C=O) groups excluding carboxylic acids is 1. The quantitative estimate of drug-likeness (QED) is 0.484. The highest BCUT2D eigenvalue weighted by atomic mass is 32.2. The summed E-state index contributed by atoms with van der Waals surface area (Å²) in [4.78, 5) is 30.1. The number of ether oxygens (including phenoxy) is 2. The van der Waals surface area contributed by atoms with Crippen LogP contribution in [0.1, 0.15) is 34.6 Å². The average Bonchev–Trinajstić information content (AvgIpc) is 2.79. The summed E-state index contributed by atoms with van der Waals surface area (Å²) in [6.45, 7) is 3.03. The molecule has 1 atom stereocenters. The minimum absolute atomic E-state index is 0.131. The summed E-state index contributed by atoms with van der Waals surface area (Å²) in [6.07, 6.45) is 0.180. The van der Waals surface area contributed by atoms with E-state index >= 15 is 0 Å². The van der Waals surface area contributed by atoms with Crippen molar-refractivity contribution in [2.45, 2.75) is 30.2 Å². The number of anilines is 1. The summed E-state index contributed by atoms with van der Waals surface area (Å²) >= 11 is 1.48. The van der Waals surface area contributed by atoms with Gasteiger partial charge in [-0.1, -0.05) is 47.7 Å². The molecular formula is C24H23N3O4S. The largest absolute Gasteiger partial charge is 0.486 e.